The zero-order valence-electron chi connectivity index (χ0n) is 19.8. The Kier molecular flexibility index (Phi) is 21.4. The second-order valence-electron chi connectivity index (χ2n) is 8.55. The summed E-state index contributed by atoms with van der Waals surface area (Å²) >= 11 is 0. The van der Waals surface area contributed by atoms with Gasteiger partial charge in [0.05, 0.1) is 18.9 Å². The molecule has 0 radical (unpaired) electrons. The van der Waals surface area contributed by atoms with E-state index < -0.39 is 17.9 Å². The van der Waals surface area contributed by atoms with Gasteiger partial charge in [0.15, 0.2) is 0 Å². The van der Waals surface area contributed by atoms with Crippen LogP contribution in [0, 0.1) is 5.92 Å². The SMILES string of the molecule is CCCCCCCCCCCCCCCC/C=C/CC(CC(=O)OCCC)C(=O)O. The van der Waals surface area contributed by atoms with E-state index in [2.05, 4.69) is 13.0 Å². The molecule has 0 amide bonds. The number of carboxylic acid groups (broad SMARTS) is 1. The molecular weight excluding hydrogens is 376 g/mol. The van der Waals surface area contributed by atoms with Crippen LogP contribution in [0.3, 0.4) is 0 Å². The Labute approximate surface area is 185 Å². The molecule has 0 fully saturated rings. The largest absolute Gasteiger partial charge is 0.481 e. The lowest BCUT2D eigenvalue weighted by molar-refractivity contribution is -0.151. The minimum Gasteiger partial charge on any atom is -0.481 e. The molecule has 0 bridgehead atoms. The van der Waals surface area contributed by atoms with Gasteiger partial charge >= 0.3 is 11.9 Å². The van der Waals surface area contributed by atoms with Crippen LogP contribution in [0.5, 0.6) is 0 Å². The normalized spacial score (nSPS) is 12.3. The summed E-state index contributed by atoms with van der Waals surface area (Å²) in [7, 11) is 0. The van der Waals surface area contributed by atoms with Crippen LogP contribution in [-0.2, 0) is 14.3 Å². The molecule has 0 aliphatic rings. The molecule has 30 heavy (non-hydrogen) atoms. The third-order valence-electron chi connectivity index (χ3n) is 5.54. The minimum atomic E-state index is -0.926. The summed E-state index contributed by atoms with van der Waals surface area (Å²) < 4.78 is 4.98. The fraction of sp³-hybridized carbons (Fsp3) is 0.846. The summed E-state index contributed by atoms with van der Waals surface area (Å²) in [6, 6.07) is 0. The Morgan fingerprint density at radius 1 is 0.733 bits per heavy atom. The highest BCUT2D eigenvalue weighted by Gasteiger charge is 2.20. The van der Waals surface area contributed by atoms with Crippen LogP contribution in [0.15, 0.2) is 12.2 Å². The van der Waals surface area contributed by atoms with E-state index in [9.17, 15) is 14.7 Å². The van der Waals surface area contributed by atoms with Gasteiger partial charge in [0.2, 0.25) is 0 Å². The van der Waals surface area contributed by atoms with Crippen molar-refractivity contribution in [1.82, 2.24) is 0 Å². The number of esters is 1. The second kappa shape index (κ2) is 22.4. The van der Waals surface area contributed by atoms with Crippen LogP contribution in [0.1, 0.15) is 129 Å². The first-order valence-corrected chi connectivity index (χ1v) is 12.6. The lowest BCUT2D eigenvalue weighted by Gasteiger charge is -2.09. The molecule has 0 aliphatic carbocycles. The smallest absolute Gasteiger partial charge is 0.307 e. The summed E-state index contributed by atoms with van der Waals surface area (Å²) in [6.07, 6.45) is 25.1. The van der Waals surface area contributed by atoms with E-state index in [1.54, 1.807) is 0 Å². The summed E-state index contributed by atoms with van der Waals surface area (Å²) in [5.41, 5.74) is 0. The van der Waals surface area contributed by atoms with Crippen molar-refractivity contribution in [3.8, 4) is 0 Å². The maximum atomic E-state index is 11.6. The summed E-state index contributed by atoms with van der Waals surface area (Å²) in [5, 5.41) is 9.24. The van der Waals surface area contributed by atoms with Gasteiger partial charge in [-0.15, -0.1) is 0 Å². The fourth-order valence-corrected chi connectivity index (χ4v) is 3.58. The minimum absolute atomic E-state index is 0.0431. The molecule has 0 aliphatic heterocycles. The van der Waals surface area contributed by atoms with Crippen LogP contribution in [-0.4, -0.2) is 23.7 Å². The van der Waals surface area contributed by atoms with Crippen molar-refractivity contribution in [3.05, 3.63) is 12.2 Å². The van der Waals surface area contributed by atoms with E-state index in [4.69, 9.17) is 4.74 Å². The van der Waals surface area contributed by atoms with Crippen molar-refractivity contribution in [3.63, 3.8) is 0 Å². The van der Waals surface area contributed by atoms with Crippen molar-refractivity contribution in [2.24, 2.45) is 5.92 Å². The number of carboxylic acids is 1. The molecule has 1 unspecified atom stereocenters. The van der Waals surface area contributed by atoms with Crippen molar-refractivity contribution in [2.45, 2.75) is 129 Å². The van der Waals surface area contributed by atoms with Crippen LogP contribution in [0.2, 0.25) is 0 Å². The lowest BCUT2D eigenvalue weighted by atomic mass is 10.0. The van der Waals surface area contributed by atoms with E-state index >= 15 is 0 Å². The number of hydrogen-bond donors (Lipinski definition) is 1. The van der Waals surface area contributed by atoms with Crippen molar-refractivity contribution < 1.29 is 19.4 Å². The molecule has 0 aromatic rings. The Bertz CT molecular complexity index is 431. The number of ether oxygens (including phenoxy) is 1. The highest BCUT2D eigenvalue weighted by atomic mass is 16.5. The molecule has 0 saturated heterocycles. The first-order valence-electron chi connectivity index (χ1n) is 12.6. The third-order valence-corrected chi connectivity index (χ3v) is 5.54. The molecule has 0 rings (SSSR count). The highest BCUT2D eigenvalue weighted by Crippen LogP contribution is 2.14. The predicted molar refractivity (Wildman–Crippen MR) is 126 cm³/mol. The molecule has 0 heterocycles. The van der Waals surface area contributed by atoms with Crippen molar-refractivity contribution in [1.29, 1.82) is 0 Å². The van der Waals surface area contributed by atoms with Crippen LogP contribution in [0.4, 0.5) is 0 Å². The average molecular weight is 425 g/mol. The van der Waals surface area contributed by atoms with Gasteiger partial charge in [0.1, 0.15) is 0 Å². The Morgan fingerprint density at radius 3 is 1.70 bits per heavy atom. The Balaban J connectivity index is 3.50. The fourth-order valence-electron chi connectivity index (χ4n) is 3.58. The van der Waals surface area contributed by atoms with Crippen LogP contribution >= 0.6 is 0 Å². The Hall–Kier alpha value is -1.32. The van der Waals surface area contributed by atoms with Gasteiger partial charge in [-0.05, 0) is 25.7 Å². The molecule has 0 aromatic carbocycles. The van der Waals surface area contributed by atoms with Gasteiger partial charge in [-0.3, -0.25) is 9.59 Å². The molecule has 176 valence electrons. The van der Waals surface area contributed by atoms with Gasteiger partial charge in [-0.1, -0.05) is 109 Å². The Morgan fingerprint density at radius 2 is 1.23 bits per heavy atom. The average Bonchev–Trinajstić information content (AvgIpc) is 2.73. The van der Waals surface area contributed by atoms with E-state index in [0.717, 1.165) is 19.3 Å². The molecule has 0 spiro atoms. The van der Waals surface area contributed by atoms with E-state index in [1.165, 1.54) is 83.5 Å². The van der Waals surface area contributed by atoms with E-state index in [1.807, 2.05) is 13.0 Å². The van der Waals surface area contributed by atoms with Crippen LogP contribution in [0.25, 0.3) is 0 Å². The molecule has 1 N–H and O–H groups in total. The number of unbranched alkanes of at least 4 members (excludes halogenated alkanes) is 14. The third kappa shape index (κ3) is 20.0. The van der Waals surface area contributed by atoms with Gasteiger partial charge in [0.25, 0.3) is 0 Å². The van der Waals surface area contributed by atoms with Crippen molar-refractivity contribution >= 4 is 11.9 Å². The lowest BCUT2D eigenvalue weighted by Crippen LogP contribution is -2.19. The number of carbonyl (C=O) groups is 2. The quantitative estimate of drug-likeness (QED) is 0.109. The van der Waals surface area contributed by atoms with E-state index in [0.29, 0.717) is 13.0 Å². The number of aliphatic carboxylic acids is 1. The molecule has 4 nitrogen and oxygen atoms in total. The monoisotopic (exact) mass is 424 g/mol. The topological polar surface area (TPSA) is 63.6 Å². The van der Waals surface area contributed by atoms with Crippen LogP contribution < -0.4 is 0 Å². The number of rotatable bonds is 22. The molecular formula is C26H48O4. The first-order chi connectivity index (χ1) is 14.6. The molecule has 0 saturated carbocycles. The summed E-state index contributed by atoms with van der Waals surface area (Å²) in [4.78, 5) is 22.9. The predicted octanol–water partition coefficient (Wildman–Crippen LogP) is 7.85. The van der Waals surface area contributed by atoms with Gasteiger partial charge in [-0.2, -0.15) is 0 Å². The standard InChI is InChI=1S/C26H48O4/c1-3-5-6-7-8-9-10-11-12-13-14-15-16-17-18-19-20-21-24(26(28)29)23-25(27)30-22-4-2/h19-20,24H,3-18,21-23H2,1-2H3,(H,28,29)/b20-19+. The summed E-state index contributed by atoms with van der Waals surface area (Å²) in [6.45, 7) is 4.55. The van der Waals surface area contributed by atoms with E-state index in [-0.39, 0.29) is 6.42 Å². The molecule has 1 atom stereocenters. The van der Waals surface area contributed by atoms with Crippen molar-refractivity contribution in [2.75, 3.05) is 6.61 Å². The number of hydrogen-bond acceptors (Lipinski definition) is 3. The number of allylic oxidation sites excluding steroid dienone is 2. The molecule has 0 aromatic heterocycles. The zero-order chi connectivity index (χ0) is 22.3. The summed E-state index contributed by atoms with van der Waals surface area (Å²) in [5.74, 6) is -2.02. The second-order valence-corrected chi connectivity index (χ2v) is 8.55. The first kappa shape index (κ1) is 28.7. The molecule has 4 heteroatoms. The van der Waals surface area contributed by atoms with Gasteiger partial charge in [-0.25, -0.2) is 0 Å². The zero-order valence-corrected chi connectivity index (χ0v) is 19.8. The highest BCUT2D eigenvalue weighted by molar-refractivity contribution is 5.78. The van der Waals surface area contributed by atoms with Gasteiger partial charge < -0.3 is 9.84 Å². The maximum absolute atomic E-state index is 11.6. The van der Waals surface area contributed by atoms with Gasteiger partial charge in [0, 0.05) is 0 Å². The number of carbonyl (C=O) groups excluding carboxylic acids is 1. The maximum Gasteiger partial charge on any atom is 0.307 e.